The van der Waals surface area contributed by atoms with Gasteiger partial charge in [-0.3, -0.25) is 9.69 Å². The van der Waals surface area contributed by atoms with E-state index in [1.54, 1.807) is 16.9 Å². The Morgan fingerprint density at radius 2 is 1.96 bits per heavy atom. The van der Waals surface area contributed by atoms with Gasteiger partial charge in [0.05, 0.1) is 17.9 Å². The summed E-state index contributed by atoms with van der Waals surface area (Å²) in [6.07, 6.45) is 1.62. The summed E-state index contributed by atoms with van der Waals surface area (Å²) < 4.78 is 1.78. The number of aliphatic hydroxyl groups is 1. The van der Waals surface area contributed by atoms with E-state index in [-0.39, 0.29) is 12.5 Å². The van der Waals surface area contributed by atoms with E-state index in [2.05, 4.69) is 15.0 Å². The molecule has 1 saturated heterocycles. The van der Waals surface area contributed by atoms with E-state index in [0.29, 0.717) is 31.0 Å². The van der Waals surface area contributed by atoms with Crippen molar-refractivity contribution in [1.82, 2.24) is 24.6 Å². The van der Waals surface area contributed by atoms with Gasteiger partial charge in [0, 0.05) is 44.6 Å². The first-order valence-corrected chi connectivity index (χ1v) is 8.20. The number of rotatable bonds is 4. The highest BCUT2D eigenvalue weighted by atomic mass is 16.3. The second kappa shape index (κ2) is 7.11. The topological polar surface area (TPSA) is 74.5 Å². The first-order valence-electron chi connectivity index (χ1n) is 8.20. The molecule has 1 fully saturated rings. The smallest absolute Gasteiger partial charge is 0.255 e. The molecular formula is C17H23N5O2. The fraction of sp³-hybridized carbons (Fsp3) is 0.471. The fourth-order valence-electron chi connectivity index (χ4n) is 3.00. The van der Waals surface area contributed by atoms with Crippen molar-refractivity contribution in [3.05, 3.63) is 41.3 Å². The van der Waals surface area contributed by atoms with E-state index >= 15 is 0 Å². The highest BCUT2D eigenvalue weighted by Crippen LogP contribution is 2.12. The predicted molar refractivity (Wildman–Crippen MR) is 90.3 cm³/mol. The molecule has 0 atom stereocenters. The van der Waals surface area contributed by atoms with E-state index in [9.17, 15) is 4.79 Å². The van der Waals surface area contributed by atoms with Crippen LogP contribution in [0, 0.1) is 13.8 Å². The van der Waals surface area contributed by atoms with Crippen molar-refractivity contribution >= 4 is 5.91 Å². The monoisotopic (exact) mass is 329 g/mol. The average molecular weight is 329 g/mol. The molecule has 1 amide bonds. The quantitative estimate of drug-likeness (QED) is 0.891. The van der Waals surface area contributed by atoms with Crippen molar-refractivity contribution < 1.29 is 9.90 Å². The van der Waals surface area contributed by atoms with Gasteiger partial charge >= 0.3 is 0 Å². The summed E-state index contributed by atoms with van der Waals surface area (Å²) >= 11 is 0. The molecule has 1 N–H and O–H groups in total. The molecule has 0 bridgehead atoms. The van der Waals surface area contributed by atoms with Crippen LogP contribution in [0.15, 0.2) is 24.4 Å². The van der Waals surface area contributed by atoms with Crippen LogP contribution in [-0.4, -0.2) is 74.9 Å². The Labute approximate surface area is 141 Å². The van der Waals surface area contributed by atoms with Crippen molar-refractivity contribution in [2.75, 3.05) is 39.3 Å². The molecule has 7 heteroatoms. The molecule has 0 aliphatic carbocycles. The maximum atomic E-state index is 12.6. The molecule has 0 spiro atoms. The van der Waals surface area contributed by atoms with E-state index in [0.717, 1.165) is 24.5 Å². The maximum Gasteiger partial charge on any atom is 0.255 e. The molecule has 3 heterocycles. The van der Waals surface area contributed by atoms with Crippen LogP contribution in [0.5, 0.6) is 0 Å². The second-order valence-electron chi connectivity index (χ2n) is 6.10. The lowest BCUT2D eigenvalue weighted by atomic mass is 10.2. The van der Waals surface area contributed by atoms with Crippen molar-refractivity contribution in [2.45, 2.75) is 13.8 Å². The number of nitrogens with zero attached hydrogens (tertiary/aromatic N) is 5. The summed E-state index contributed by atoms with van der Waals surface area (Å²) in [6, 6.07) is 5.63. The lowest BCUT2D eigenvalue weighted by molar-refractivity contribution is 0.0614. The number of aromatic nitrogens is 3. The zero-order valence-corrected chi connectivity index (χ0v) is 14.1. The van der Waals surface area contributed by atoms with Crippen LogP contribution in [0.1, 0.15) is 21.7 Å². The Hall–Kier alpha value is -2.25. The molecule has 0 unspecified atom stereocenters. The van der Waals surface area contributed by atoms with Crippen molar-refractivity contribution in [3.63, 3.8) is 0 Å². The van der Waals surface area contributed by atoms with Crippen LogP contribution < -0.4 is 0 Å². The SMILES string of the molecule is Cc1cc(C)n(-c2ccc(C(=O)N3CCN(CCO)CC3)cn2)n1. The molecule has 128 valence electrons. The van der Waals surface area contributed by atoms with Gasteiger partial charge in [-0.05, 0) is 32.0 Å². The summed E-state index contributed by atoms with van der Waals surface area (Å²) in [5.41, 5.74) is 2.55. The number of pyridine rings is 1. The molecule has 0 aromatic carbocycles. The molecule has 1 aliphatic rings. The lowest BCUT2D eigenvalue weighted by Crippen LogP contribution is -2.49. The van der Waals surface area contributed by atoms with Crippen molar-refractivity contribution in [1.29, 1.82) is 0 Å². The van der Waals surface area contributed by atoms with E-state index in [1.165, 1.54) is 0 Å². The van der Waals surface area contributed by atoms with E-state index in [1.807, 2.05) is 30.9 Å². The summed E-state index contributed by atoms with van der Waals surface area (Å²) in [5.74, 6) is 0.719. The average Bonchev–Trinajstić information content (AvgIpc) is 2.94. The number of β-amino-alcohol motifs (C(OH)–C–C–N with tert-alkyl or cyclic N) is 1. The normalized spacial score (nSPS) is 15.7. The number of piperazine rings is 1. The largest absolute Gasteiger partial charge is 0.395 e. The third-order valence-corrected chi connectivity index (χ3v) is 4.30. The fourth-order valence-corrected chi connectivity index (χ4v) is 3.00. The molecule has 0 radical (unpaired) electrons. The van der Waals surface area contributed by atoms with Gasteiger partial charge < -0.3 is 10.0 Å². The third kappa shape index (κ3) is 3.47. The number of aryl methyl sites for hydroxylation is 2. The Morgan fingerprint density at radius 3 is 2.50 bits per heavy atom. The standard InChI is InChI=1S/C17H23N5O2/c1-13-11-14(2)22(19-13)16-4-3-15(12-18-16)17(24)21-7-5-20(6-8-21)9-10-23/h3-4,11-12,23H,5-10H2,1-2H3. The lowest BCUT2D eigenvalue weighted by Gasteiger charge is -2.34. The van der Waals surface area contributed by atoms with Crippen LogP contribution in [0.2, 0.25) is 0 Å². The van der Waals surface area contributed by atoms with Gasteiger partial charge in [0.15, 0.2) is 5.82 Å². The van der Waals surface area contributed by atoms with Gasteiger partial charge in [-0.25, -0.2) is 9.67 Å². The Balaban J connectivity index is 1.67. The van der Waals surface area contributed by atoms with Crippen molar-refractivity contribution in [2.24, 2.45) is 0 Å². The minimum Gasteiger partial charge on any atom is -0.395 e. The first-order chi connectivity index (χ1) is 11.6. The number of carbonyl (C=O) groups excluding carboxylic acids is 1. The Kier molecular flexibility index (Phi) is 4.92. The number of hydrogen-bond acceptors (Lipinski definition) is 5. The van der Waals surface area contributed by atoms with Gasteiger partial charge in [0.1, 0.15) is 0 Å². The number of amides is 1. The van der Waals surface area contributed by atoms with Gasteiger partial charge in [-0.15, -0.1) is 0 Å². The Bertz CT molecular complexity index is 702. The van der Waals surface area contributed by atoms with Gasteiger partial charge in [0.2, 0.25) is 0 Å². The van der Waals surface area contributed by atoms with E-state index < -0.39 is 0 Å². The summed E-state index contributed by atoms with van der Waals surface area (Å²) in [4.78, 5) is 21.0. The summed E-state index contributed by atoms with van der Waals surface area (Å²) in [7, 11) is 0. The zero-order valence-electron chi connectivity index (χ0n) is 14.1. The Morgan fingerprint density at radius 1 is 1.21 bits per heavy atom. The van der Waals surface area contributed by atoms with Crippen molar-refractivity contribution in [3.8, 4) is 5.82 Å². The first kappa shape index (κ1) is 16.6. The molecular weight excluding hydrogens is 306 g/mol. The molecule has 24 heavy (non-hydrogen) atoms. The number of aliphatic hydroxyl groups excluding tert-OH is 1. The number of carbonyl (C=O) groups is 1. The van der Waals surface area contributed by atoms with Crippen LogP contribution in [-0.2, 0) is 0 Å². The molecule has 7 nitrogen and oxygen atoms in total. The predicted octanol–water partition coefficient (Wildman–Crippen LogP) is 0.634. The van der Waals surface area contributed by atoms with Gasteiger partial charge in [-0.2, -0.15) is 5.10 Å². The second-order valence-corrected chi connectivity index (χ2v) is 6.10. The summed E-state index contributed by atoms with van der Waals surface area (Å²) in [5, 5.41) is 13.4. The molecule has 1 aliphatic heterocycles. The molecule has 2 aromatic rings. The van der Waals surface area contributed by atoms with Crippen LogP contribution >= 0.6 is 0 Å². The van der Waals surface area contributed by atoms with Gasteiger partial charge in [-0.1, -0.05) is 0 Å². The van der Waals surface area contributed by atoms with Gasteiger partial charge in [0.25, 0.3) is 5.91 Å². The van der Waals surface area contributed by atoms with Crippen LogP contribution in [0.4, 0.5) is 0 Å². The highest BCUT2D eigenvalue weighted by molar-refractivity contribution is 5.94. The van der Waals surface area contributed by atoms with E-state index in [4.69, 9.17) is 5.11 Å². The van der Waals surface area contributed by atoms with Crippen LogP contribution in [0.3, 0.4) is 0 Å². The maximum absolute atomic E-state index is 12.6. The zero-order chi connectivity index (χ0) is 17.1. The number of hydrogen-bond donors (Lipinski definition) is 1. The minimum absolute atomic E-state index is 0.00562. The minimum atomic E-state index is 0.00562. The molecule has 3 rings (SSSR count). The van der Waals surface area contributed by atoms with Crippen LogP contribution in [0.25, 0.3) is 5.82 Å². The highest BCUT2D eigenvalue weighted by Gasteiger charge is 2.22. The summed E-state index contributed by atoms with van der Waals surface area (Å²) in [6.45, 7) is 7.69. The molecule has 2 aromatic heterocycles. The third-order valence-electron chi connectivity index (χ3n) is 4.30. The molecule has 0 saturated carbocycles.